The van der Waals surface area contributed by atoms with Gasteiger partial charge in [0.15, 0.2) is 0 Å². The third kappa shape index (κ3) is 3.89. The zero-order valence-corrected chi connectivity index (χ0v) is 11.4. The minimum atomic E-state index is 0.785. The van der Waals surface area contributed by atoms with Gasteiger partial charge in [-0.15, -0.1) is 11.6 Å². The lowest BCUT2D eigenvalue weighted by atomic mass is 10.0. The molecule has 2 rings (SSSR count). The monoisotopic (exact) mass is 258 g/mol. The second-order valence-corrected chi connectivity index (χ2v) is 4.94. The van der Waals surface area contributed by atoms with E-state index >= 15 is 0 Å². The molecule has 0 unspecified atom stereocenters. The summed E-state index contributed by atoms with van der Waals surface area (Å²) in [6, 6.07) is 19.4. The zero-order valence-electron chi connectivity index (χ0n) is 10.6. The van der Waals surface area contributed by atoms with Crippen molar-refractivity contribution in [1.82, 2.24) is 0 Å². The fraction of sp³-hybridized carbons (Fsp3) is 0.294. The second-order valence-electron chi connectivity index (χ2n) is 4.56. The first kappa shape index (κ1) is 13.2. The summed E-state index contributed by atoms with van der Waals surface area (Å²) in [4.78, 5) is 0. The van der Waals surface area contributed by atoms with Crippen LogP contribution in [0.4, 0.5) is 0 Å². The van der Waals surface area contributed by atoms with Gasteiger partial charge in [-0.3, -0.25) is 0 Å². The molecule has 0 N–H and O–H groups in total. The first-order valence-corrected chi connectivity index (χ1v) is 7.14. The van der Waals surface area contributed by atoms with Crippen LogP contribution in [-0.2, 0) is 6.42 Å². The molecule has 94 valence electrons. The zero-order chi connectivity index (χ0) is 12.6. The summed E-state index contributed by atoms with van der Waals surface area (Å²) in [6.45, 7) is 0. The highest BCUT2D eigenvalue weighted by Gasteiger charge is 1.97. The Labute approximate surface area is 115 Å². The van der Waals surface area contributed by atoms with Crippen molar-refractivity contribution >= 4 is 11.6 Å². The number of hydrogen-bond donors (Lipinski definition) is 0. The van der Waals surface area contributed by atoms with Gasteiger partial charge in [0.05, 0.1) is 0 Å². The first-order chi connectivity index (χ1) is 8.90. The number of hydrogen-bond acceptors (Lipinski definition) is 0. The van der Waals surface area contributed by atoms with E-state index in [4.69, 9.17) is 11.6 Å². The van der Waals surface area contributed by atoms with Crippen LogP contribution in [0.15, 0.2) is 54.6 Å². The standard InChI is InChI=1S/C17H19Cl/c18-14-6-2-3-7-15-10-12-17(13-11-15)16-8-4-1-5-9-16/h1,4-5,8-13H,2-3,6-7,14H2. The number of rotatable bonds is 6. The van der Waals surface area contributed by atoms with Crippen molar-refractivity contribution in [3.63, 3.8) is 0 Å². The van der Waals surface area contributed by atoms with Crippen molar-refractivity contribution in [1.29, 1.82) is 0 Å². The smallest absolute Gasteiger partial charge is 0.0223 e. The van der Waals surface area contributed by atoms with E-state index in [1.807, 2.05) is 0 Å². The molecule has 0 fully saturated rings. The highest BCUT2D eigenvalue weighted by molar-refractivity contribution is 6.17. The molecule has 0 bridgehead atoms. The summed E-state index contributed by atoms with van der Waals surface area (Å²) in [5.41, 5.74) is 4.00. The predicted molar refractivity (Wildman–Crippen MR) is 80.2 cm³/mol. The summed E-state index contributed by atoms with van der Waals surface area (Å²) in [6.07, 6.45) is 4.75. The largest absolute Gasteiger partial charge is 0.127 e. The fourth-order valence-electron chi connectivity index (χ4n) is 2.09. The maximum absolute atomic E-state index is 5.67. The van der Waals surface area contributed by atoms with E-state index in [1.165, 1.54) is 29.5 Å². The highest BCUT2D eigenvalue weighted by Crippen LogP contribution is 2.19. The van der Waals surface area contributed by atoms with Crippen LogP contribution in [-0.4, -0.2) is 5.88 Å². The summed E-state index contributed by atoms with van der Waals surface area (Å²) >= 11 is 5.67. The van der Waals surface area contributed by atoms with Gasteiger partial charge < -0.3 is 0 Å². The van der Waals surface area contributed by atoms with Crippen molar-refractivity contribution in [3.05, 3.63) is 60.2 Å². The van der Waals surface area contributed by atoms with Crippen LogP contribution >= 0.6 is 11.6 Å². The van der Waals surface area contributed by atoms with Crippen molar-refractivity contribution in [2.75, 3.05) is 5.88 Å². The van der Waals surface area contributed by atoms with Crippen molar-refractivity contribution < 1.29 is 0 Å². The van der Waals surface area contributed by atoms with E-state index in [9.17, 15) is 0 Å². The average Bonchev–Trinajstić information content (AvgIpc) is 2.45. The van der Waals surface area contributed by atoms with Crippen molar-refractivity contribution in [2.45, 2.75) is 25.7 Å². The van der Waals surface area contributed by atoms with E-state index in [0.29, 0.717) is 0 Å². The van der Waals surface area contributed by atoms with Gasteiger partial charge in [0.25, 0.3) is 0 Å². The maximum atomic E-state index is 5.67. The third-order valence-corrected chi connectivity index (χ3v) is 3.43. The molecule has 0 aromatic heterocycles. The normalized spacial score (nSPS) is 10.5. The molecule has 1 heteroatoms. The quantitative estimate of drug-likeness (QED) is 0.487. The fourth-order valence-corrected chi connectivity index (χ4v) is 2.28. The predicted octanol–water partition coefficient (Wildman–Crippen LogP) is 5.31. The molecule has 2 aromatic rings. The molecule has 18 heavy (non-hydrogen) atoms. The number of halogens is 1. The molecular formula is C17H19Cl. The van der Waals surface area contributed by atoms with E-state index in [-0.39, 0.29) is 0 Å². The summed E-state index contributed by atoms with van der Waals surface area (Å²) < 4.78 is 0. The molecule has 0 spiro atoms. The summed E-state index contributed by atoms with van der Waals surface area (Å²) in [7, 11) is 0. The van der Waals surface area contributed by atoms with E-state index < -0.39 is 0 Å². The Balaban J connectivity index is 1.94. The van der Waals surface area contributed by atoms with Crippen LogP contribution in [0.2, 0.25) is 0 Å². The number of alkyl halides is 1. The molecule has 0 aliphatic carbocycles. The van der Waals surface area contributed by atoms with Gasteiger partial charge in [0.1, 0.15) is 0 Å². The third-order valence-electron chi connectivity index (χ3n) is 3.16. The van der Waals surface area contributed by atoms with Gasteiger partial charge in [-0.05, 0) is 36.0 Å². The van der Waals surface area contributed by atoms with Crippen molar-refractivity contribution in [3.8, 4) is 11.1 Å². The second kappa shape index (κ2) is 7.23. The lowest BCUT2D eigenvalue weighted by Gasteiger charge is -2.04. The lowest BCUT2D eigenvalue weighted by Crippen LogP contribution is -1.87. The van der Waals surface area contributed by atoms with Crippen LogP contribution in [0.3, 0.4) is 0 Å². The first-order valence-electron chi connectivity index (χ1n) is 6.60. The molecule has 0 saturated carbocycles. The molecule has 0 saturated heterocycles. The van der Waals surface area contributed by atoms with Crippen LogP contribution in [0.25, 0.3) is 11.1 Å². The Bertz CT molecular complexity index is 445. The molecule has 0 heterocycles. The van der Waals surface area contributed by atoms with Crippen LogP contribution in [0, 0.1) is 0 Å². The van der Waals surface area contributed by atoms with Gasteiger partial charge in [-0.2, -0.15) is 0 Å². The van der Waals surface area contributed by atoms with E-state index in [2.05, 4.69) is 54.6 Å². The molecule has 2 aromatic carbocycles. The Hall–Kier alpha value is -1.27. The molecule has 0 amide bonds. The van der Waals surface area contributed by atoms with Gasteiger partial charge >= 0.3 is 0 Å². The van der Waals surface area contributed by atoms with Crippen molar-refractivity contribution in [2.24, 2.45) is 0 Å². The summed E-state index contributed by atoms with van der Waals surface area (Å²) in [5, 5.41) is 0. The van der Waals surface area contributed by atoms with Crippen LogP contribution in [0.5, 0.6) is 0 Å². The van der Waals surface area contributed by atoms with E-state index in [1.54, 1.807) is 0 Å². The Morgan fingerprint density at radius 3 is 2.00 bits per heavy atom. The Kier molecular flexibility index (Phi) is 5.29. The topological polar surface area (TPSA) is 0 Å². The van der Waals surface area contributed by atoms with Gasteiger partial charge in [0.2, 0.25) is 0 Å². The van der Waals surface area contributed by atoms with Gasteiger partial charge in [0, 0.05) is 5.88 Å². The minimum Gasteiger partial charge on any atom is -0.127 e. The molecule has 0 aliphatic heterocycles. The number of unbranched alkanes of at least 4 members (excludes halogenated alkanes) is 2. The van der Waals surface area contributed by atoms with Crippen LogP contribution < -0.4 is 0 Å². The number of aryl methyl sites for hydroxylation is 1. The molecule has 0 radical (unpaired) electrons. The maximum Gasteiger partial charge on any atom is 0.0223 e. The minimum absolute atomic E-state index is 0.785. The molecular weight excluding hydrogens is 240 g/mol. The highest BCUT2D eigenvalue weighted by atomic mass is 35.5. The SMILES string of the molecule is ClCCCCCc1ccc(-c2ccccc2)cc1. The summed E-state index contributed by atoms with van der Waals surface area (Å²) in [5.74, 6) is 0.785. The van der Waals surface area contributed by atoms with Gasteiger partial charge in [-0.1, -0.05) is 61.0 Å². The van der Waals surface area contributed by atoms with Gasteiger partial charge in [-0.25, -0.2) is 0 Å². The molecule has 0 nitrogen and oxygen atoms in total. The Morgan fingerprint density at radius 1 is 0.667 bits per heavy atom. The van der Waals surface area contributed by atoms with E-state index in [0.717, 1.165) is 18.7 Å². The molecule has 0 atom stereocenters. The average molecular weight is 259 g/mol. The van der Waals surface area contributed by atoms with Crippen LogP contribution in [0.1, 0.15) is 24.8 Å². The molecule has 0 aliphatic rings. The Morgan fingerprint density at radius 2 is 1.33 bits per heavy atom. The lowest BCUT2D eigenvalue weighted by molar-refractivity contribution is 0.720. The number of benzene rings is 2.